The first kappa shape index (κ1) is 11.8. The topological polar surface area (TPSA) is 84.9 Å². The zero-order valence-electron chi connectivity index (χ0n) is 10.1. The van der Waals surface area contributed by atoms with Gasteiger partial charge in [0, 0.05) is 12.1 Å². The number of hydrogen-bond donors (Lipinski definition) is 2. The van der Waals surface area contributed by atoms with Gasteiger partial charge in [0.1, 0.15) is 0 Å². The third-order valence-corrected chi connectivity index (χ3v) is 3.38. The highest BCUT2D eigenvalue weighted by Crippen LogP contribution is 2.39. The zero-order valence-corrected chi connectivity index (χ0v) is 10.1. The number of ether oxygens (including phenoxy) is 2. The highest BCUT2D eigenvalue weighted by molar-refractivity contribution is 5.89. The fourth-order valence-corrected chi connectivity index (χ4v) is 2.20. The molecule has 0 bridgehead atoms. The second-order valence-electron chi connectivity index (χ2n) is 4.66. The van der Waals surface area contributed by atoms with Gasteiger partial charge in [-0.15, -0.1) is 0 Å². The molecule has 2 aliphatic rings. The van der Waals surface area contributed by atoms with Gasteiger partial charge in [0.05, 0.1) is 11.8 Å². The molecule has 1 fully saturated rings. The van der Waals surface area contributed by atoms with Gasteiger partial charge in [-0.3, -0.25) is 9.59 Å². The Kier molecular flexibility index (Phi) is 2.77. The van der Waals surface area contributed by atoms with Crippen LogP contribution in [0.15, 0.2) is 18.2 Å². The number of nitrogens with one attached hydrogen (secondary N) is 1. The van der Waals surface area contributed by atoms with Crippen molar-refractivity contribution < 1.29 is 24.2 Å². The van der Waals surface area contributed by atoms with Crippen molar-refractivity contribution in [3.63, 3.8) is 0 Å². The van der Waals surface area contributed by atoms with Crippen LogP contribution in [0.3, 0.4) is 0 Å². The molecule has 6 heteroatoms. The van der Waals surface area contributed by atoms with Gasteiger partial charge in [0.25, 0.3) is 0 Å². The molecule has 1 heterocycles. The summed E-state index contributed by atoms with van der Waals surface area (Å²) in [6, 6.07) is 5.47. The van der Waals surface area contributed by atoms with Crippen LogP contribution in [-0.4, -0.2) is 23.8 Å². The van der Waals surface area contributed by atoms with Crippen LogP contribution in [0.4, 0.5) is 0 Å². The molecule has 1 aliphatic carbocycles. The molecule has 0 saturated heterocycles. The number of carboxylic acid groups (broad SMARTS) is 1. The zero-order chi connectivity index (χ0) is 13.4. The number of para-hydroxylation sites is 1. The molecule has 0 spiro atoms. The second-order valence-corrected chi connectivity index (χ2v) is 4.66. The number of carbonyl (C=O) groups excluding carboxylic acids is 1. The summed E-state index contributed by atoms with van der Waals surface area (Å²) in [6.45, 7) is 0.498. The number of amides is 1. The maximum atomic E-state index is 11.7. The predicted molar refractivity (Wildman–Crippen MR) is 63.6 cm³/mol. The van der Waals surface area contributed by atoms with E-state index < -0.39 is 17.8 Å². The van der Waals surface area contributed by atoms with Gasteiger partial charge >= 0.3 is 5.97 Å². The Labute approximate surface area is 109 Å². The minimum atomic E-state index is -0.905. The van der Waals surface area contributed by atoms with Gasteiger partial charge < -0.3 is 19.9 Å². The number of benzene rings is 1. The predicted octanol–water partition coefficient (Wildman–Crippen LogP) is 0.752. The van der Waals surface area contributed by atoms with Crippen LogP contribution in [-0.2, 0) is 16.1 Å². The number of fused-ring (bicyclic) bond motifs is 1. The van der Waals surface area contributed by atoms with E-state index in [-0.39, 0.29) is 12.7 Å². The molecule has 6 nitrogen and oxygen atoms in total. The van der Waals surface area contributed by atoms with E-state index in [1.54, 1.807) is 6.07 Å². The number of carbonyl (C=O) groups is 2. The Balaban J connectivity index is 1.60. The summed E-state index contributed by atoms with van der Waals surface area (Å²) in [7, 11) is 0. The van der Waals surface area contributed by atoms with Crippen LogP contribution >= 0.6 is 0 Å². The van der Waals surface area contributed by atoms with E-state index in [9.17, 15) is 9.59 Å². The van der Waals surface area contributed by atoms with Gasteiger partial charge in [0.15, 0.2) is 11.5 Å². The van der Waals surface area contributed by atoms with E-state index >= 15 is 0 Å². The monoisotopic (exact) mass is 263 g/mol. The molecule has 0 radical (unpaired) electrons. The van der Waals surface area contributed by atoms with E-state index in [0.29, 0.717) is 24.5 Å². The average Bonchev–Trinajstić information content (AvgIpc) is 3.06. The molecule has 1 saturated carbocycles. The van der Waals surface area contributed by atoms with Crippen molar-refractivity contribution in [3.8, 4) is 11.5 Å². The van der Waals surface area contributed by atoms with Gasteiger partial charge in [-0.05, 0) is 12.5 Å². The Morgan fingerprint density at radius 1 is 1.32 bits per heavy atom. The van der Waals surface area contributed by atoms with Crippen molar-refractivity contribution >= 4 is 11.9 Å². The van der Waals surface area contributed by atoms with Gasteiger partial charge in [-0.1, -0.05) is 12.1 Å². The number of rotatable bonds is 4. The molecule has 2 atom stereocenters. The molecule has 0 aromatic heterocycles. The Morgan fingerprint density at radius 3 is 2.89 bits per heavy atom. The van der Waals surface area contributed by atoms with Crippen LogP contribution in [0.25, 0.3) is 0 Å². The molecule has 0 unspecified atom stereocenters. The SMILES string of the molecule is O=C(NCc1cccc2c1OCO2)[C@H]1C[C@H]1C(=O)O. The first-order valence-electron chi connectivity index (χ1n) is 6.05. The minimum absolute atomic E-state index is 0.185. The molecule has 3 rings (SSSR count). The van der Waals surface area contributed by atoms with Crippen LogP contribution in [0, 0.1) is 11.8 Å². The molecule has 1 aromatic rings. The number of carboxylic acids is 1. The van der Waals surface area contributed by atoms with Crippen LogP contribution < -0.4 is 14.8 Å². The quantitative estimate of drug-likeness (QED) is 0.837. The van der Waals surface area contributed by atoms with Crippen molar-refractivity contribution in [2.24, 2.45) is 11.8 Å². The van der Waals surface area contributed by atoms with Crippen LogP contribution in [0.5, 0.6) is 11.5 Å². The maximum Gasteiger partial charge on any atom is 0.307 e. The molecular formula is C13H13NO5. The normalized spacial score (nSPS) is 22.9. The Hall–Kier alpha value is -2.24. The summed E-state index contributed by atoms with van der Waals surface area (Å²) in [5, 5.41) is 11.5. The van der Waals surface area contributed by atoms with Crippen molar-refractivity contribution in [3.05, 3.63) is 23.8 Å². The van der Waals surface area contributed by atoms with Gasteiger partial charge in [0.2, 0.25) is 12.7 Å². The lowest BCUT2D eigenvalue weighted by Gasteiger charge is -2.07. The van der Waals surface area contributed by atoms with Crippen molar-refractivity contribution in [2.75, 3.05) is 6.79 Å². The van der Waals surface area contributed by atoms with Gasteiger partial charge in [-0.2, -0.15) is 0 Å². The summed E-state index contributed by atoms with van der Waals surface area (Å²) in [5.41, 5.74) is 0.830. The highest BCUT2D eigenvalue weighted by atomic mass is 16.7. The van der Waals surface area contributed by atoms with Crippen molar-refractivity contribution in [1.82, 2.24) is 5.32 Å². The Bertz CT molecular complexity index is 542. The standard InChI is InChI=1S/C13H13NO5/c15-12(8-4-9(8)13(16)17)14-5-7-2-1-3-10-11(7)19-6-18-10/h1-3,8-9H,4-6H2,(H,14,15)(H,16,17)/t8-,9+/m0/s1. The highest BCUT2D eigenvalue weighted by Gasteiger charge is 2.48. The smallest absolute Gasteiger partial charge is 0.307 e. The largest absolute Gasteiger partial charge is 0.481 e. The van der Waals surface area contributed by atoms with Crippen LogP contribution in [0.2, 0.25) is 0 Å². The molecule has 1 amide bonds. The molecule has 1 aliphatic heterocycles. The minimum Gasteiger partial charge on any atom is -0.481 e. The number of hydrogen-bond acceptors (Lipinski definition) is 4. The average molecular weight is 263 g/mol. The fraction of sp³-hybridized carbons (Fsp3) is 0.385. The molecule has 100 valence electrons. The molecule has 2 N–H and O–H groups in total. The summed E-state index contributed by atoms with van der Waals surface area (Å²) in [4.78, 5) is 22.4. The van der Waals surface area contributed by atoms with E-state index in [1.807, 2.05) is 12.1 Å². The maximum absolute atomic E-state index is 11.7. The lowest BCUT2D eigenvalue weighted by atomic mass is 10.2. The summed E-state index contributed by atoms with van der Waals surface area (Å²) in [5.74, 6) is -0.733. The summed E-state index contributed by atoms with van der Waals surface area (Å²) in [6.07, 6.45) is 0.424. The number of aliphatic carboxylic acids is 1. The third-order valence-electron chi connectivity index (χ3n) is 3.38. The fourth-order valence-electron chi connectivity index (χ4n) is 2.20. The lowest BCUT2D eigenvalue weighted by Crippen LogP contribution is -2.26. The second kappa shape index (κ2) is 4.46. The third kappa shape index (κ3) is 2.21. The Morgan fingerprint density at radius 2 is 2.16 bits per heavy atom. The van der Waals surface area contributed by atoms with E-state index in [1.165, 1.54) is 0 Å². The van der Waals surface area contributed by atoms with Gasteiger partial charge in [-0.25, -0.2) is 0 Å². The van der Waals surface area contributed by atoms with Crippen molar-refractivity contribution in [2.45, 2.75) is 13.0 Å². The molecule has 1 aromatic carbocycles. The first-order valence-corrected chi connectivity index (χ1v) is 6.05. The summed E-state index contributed by atoms with van der Waals surface area (Å²) >= 11 is 0. The lowest BCUT2D eigenvalue weighted by molar-refractivity contribution is -0.140. The van der Waals surface area contributed by atoms with E-state index in [2.05, 4.69) is 5.32 Å². The van der Waals surface area contributed by atoms with E-state index in [4.69, 9.17) is 14.6 Å². The van der Waals surface area contributed by atoms with Crippen LogP contribution in [0.1, 0.15) is 12.0 Å². The van der Waals surface area contributed by atoms with E-state index in [0.717, 1.165) is 5.56 Å². The molecule has 19 heavy (non-hydrogen) atoms. The molecular weight excluding hydrogens is 250 g/mol. The van der Waals surface area contributed by atoms with Crippen molar-refractivity contribution in [1.29, 1.82) is 0 Å². The summed E-state index contributed by atoms with van der Waals surface area (Å²) < 4.78 is 10.6. The first-order chi connectivity index (χ1) is 9.16.